The molecule has 2 amide bonds. The number of carboxylic acids is 1. The van der Waals surface area contributed by atoms with Gasteiger partial charge in [-0.2, -0.15) is 0 Å². The molecule has 1 unspecified atom stereocenters. The van der Waals surface area contributed by atoms with Gasteiger partial charge in [-0.05, 0) is 23.4 Å². The molecule has 3 heterocycles. The number of rotatable bonds is 1. The first kappa shape index (κ1) is 13.4. The number of fused-ring (bicyclic) bond motifs is 1. The first-order valence-corrected chi connectivity index (χ1v) is 7.46. The van der Waals surface area contributed by atoms with Crippen molar-refractivity contribution in [1.29, 1.82) is 0 Å². The summed E-state index contributed by atoms with van der Waals surface area (Å²) in [7, 11) is 0. The van der Waals surface area contributed by atoms with Crippen LogP contribution in [0.4, 0.5) is 4.79 Å². The van der Waals surface area contributed by atoms with Crippen molar-refractivity contribution in [2.24, 2.45) is 0 Å². The average molecular weight is 296 g/mol. The van der Waals surface area contributed by atoms with E-state index >= 15 is 0 Å². The van der Waals surface area contributed by atoms with E-state index in [0.717, 1.165) is 6.42 Å². The van der Waals surface area contributed by atoms with Gasteiger partial charge < -0.3 is 19.6 Å². The Kier molecular flexibility index (Phi) is 3.62. The van der Waals surface area contributed by atoms with E-state index < -0.39 is 12.0 Å². The van der Waals surface area contributed by atoms with Crippen LogP contribution in [0.5, 0.6) is 0 Å². The lowest BCUT2D eigenvalue weighted by Crippen LogP contribution is -2.57. The Morgan fingerprint density at radius 1 is 1.40 bits per heavy atom. The number of nitrogens with zero attached hydrogens (tertiary/aromatic N) is 2. The molecule has 1 atom stereocenters. The molecule has 2 aliphatic rings. The Labute approximate surface area is 120 Å². The second-order valence-corrected chi connectivity index (χ2v) is 5.95. The number of hydrogen-bond acceptors (Lipinski definition) is 4. The normalized spacial score (nSPS) is 22.5. The minimum Gasteiger partial charge on any atom is -0.480 e. The molecule has 0 spiro atoms. The summed E-state index contributed by atoms with van der Waals surface area (Å²) in [6.45, 7) is 2.02. The lowest BCUT2D eigenvalue weighted by Gasteiger charge is -2.38. The van der Waals surface area contributed by atoms with Gasteiger partial charge in [0.15, 0.2) is 6.04 Å². The molecule has 1 fully saturated rings. The molecule has 20 heavy (non-hydrogen) atoms. The van der Waals surface area contributed by atoms with Gasteiger partial charge in [0.05, 0.1) is 13.2 Å². The summed E-state index contributed by atoms with van der Waals surface area (Å²) >= 11 is 1.71. The largest absolute Gasteiger partial charge is 0.480 e. The molecule has 0 radical (unpaired) electrons. The zero-order valence-corrected chi connectivity index (χ0v) is 11.8. The van der Waals surface area contributed by atoms with Crippen LogP contribution in [0.1, 0.15) is 10.4 Å². The van der Waals surface area contributed by atoms with Crippen molar-refractivity contribution in [3.63, 3.8) is 0 Å². The fraction of sp³-hybridized carbons (Fsp3) is 0.538. The number of aliphatic carboxylic acids is 1. The van der Waals surface area contributed by atoms with Crippen LogP contribution in [0.25, 0.3) is 0 Å². The lowest BCUT2D eigenvalue weighted by atomic mass is 10.1. The topological polar surface area (TPSA) is 70.1 Å². The Balaban J connectivity index is 1.73. The number of carbonyl (C=O) groups is 2. The van der Waals surface area contributed by atoms with Gasteiger partial charge in [0.2, 0.25) is 0 Å². The number of morpholine rings is 1. The molecule has 1 aromatic rings. The molecule has 0 saturated carbocycles. The SMILES string of the molecule is O=C(O)C1COCCN1C(=O)N1CCc2sccc2C1. The Morgan fingerprint density at radius 3 is 3.05 bits per heavy atom. The highest BCUT2D eigenvalue weighted by Gasteiger charge is 2.36. The first-order chi connectivity index (χ1) is 9.66. The summed E-state index contributed by atoms with van der Waals surface area (Å²) in [5, 5.41) is 11.2. The highest BCUT2D eigenvalue weighted by molar-refractivity contribution is 7.10. The van der Waals surface area contributed by atoms with Crippen LogP contribution in [0.2, 0.25) is 0 Å². The molecule has 2 aliphatic heterocycles. The molecule has 6 nitrogen and oxygen atoms in total. The van der Waals surface area contributed by atoms with E-state index in [9.17, 15) is 14.7 Å². The summed E-state index contributed by atoms with van der Waals surface area (Å²) in [5.74, 6) is -1.01. The van der Waals surface area contributed by atoms with Gasteiger partial charge in [-0.1, -0.05) is 0 Å². The Morgan fingerprint density at radius 2 is 2.25 bits per heavy atom. The van der Waals surface area contributed by atoms with Crippen molar-refractivity contribution >= 4 is 23.3 Å². The van der Waals surface area contributed by atoms with Gasteiger partial charge in [0, 0.05) is 24.5 Å². The van der Waals surface area contributed by atoms with Crippen molar-refractivity contribution in [2.75, 3.05) is 26.3 Å². The van der Waals surface area contributed by atoms with Crippen molar-refractivity contribution < 1.29 is 19.4 Å². The van der Waals surface area contributed by atoms with E-state index in [1.54, 1.807) is 16.2 Å². The number of hydrogen-bond donors (Lipinski definition) is 1. The van der Waals surface area contributed by atoms with E-state index in [1.807, 2.05) is 11.4 Å². The van der Waals surface area contributed by atoms with E-state index in [4.69, 9.17) is 4.74 Å². The standard InChI is InChI=1S/C13H16N2O4S/c16-12(17)10-8-19-5-4-15(10)13(18)14-3-1-11-9(7-14)2-6-20-11/h2,6,10H,1,3-5,7-8H2,(H,16,17). The van der Waals surface area contributed by atoms with Gasteiger partial charge in [0.1, 0.15) is 0 Å². The smallest absolute Gasteiger partial charge is 0.328 e. The van der Waals surface area contributed by atoms with Crippen molar-refractivity contribution in [2.45, 2.75) is 19.0 Å². The van der Waals surface area contributed by atoms with Gasteiger partial charge in [-0.15, -0.1) is 11.3 Å². The minimum absolute atomic E-state index is 0.0681. The van der Waals surface area contributed by atoms with Gasteiger partial charge in [-0.3, -0.25) is 0 Å². The summed E-state index contributed by atoms with van der Waals surface area (Å²) < 4.78 is 5.16. The Hall–Kier alpha value is -1.60. The maximum Gasteiger partial charge on any atom is 0.328 e. The van der Waals surface area contributed by atoms with Crippen LogP contribution < -0.4 is 0 Å². The zero-order valence-electron chi connectivity index (χ0n) is 10.9. The van der Waals surface area contributed by atoms with E-state index in [2.05, 4.69) is 0 Å². The number of ether oxygens (including phenoxy) is 1. The molecule has 108 valence electrons. The first-order valence-electron chi connectivity index (χ1n) is 6.58. The minimum atomic E-state index is -1.01. The molecule has 0 aromatic carbocycles. The maximum absolute atomic E-state index is 12.5. The monoisotopic (exact) mass is 296 g/mol. The predicted molar refractivity (Wildman–Crippen MR) is 72.8 cm³/mol. The number of carbonyl (C=O) groups excluding carboxylic acids is 1. The van der Waals surface area contributed by atoms with Crippen LogP contribution in [0.15, 0.2) is 11.4 Å². The van der Waals surface area contributed by atoms with E-state index in [-0.39, 0.29) is 12.6 Å². The van der Waals surface area contributed by atoms with Crippen LogP contribution >= 0.6 is 11.3 Å². The third-order valence-corrected chi connectivity index (χ3v) is 4.76. The third-order valence-electron chi connectivity index (χ3n) is 3.74. The molecule has 0 aliphatic carbocycles. The highest BCUT2D eigenvalue weighted by Crippen LogP contribution is 2.25. The molecule has 1 N–H and O–H groups in total. The van der Waals surface area contributed by atoms with Gasteiger partial charge in [-0.25, -0.2) is 9.59 Å². The fourth-order valence-corrected chi connectivity index (χ4v) is 3.52. The fourth-order valence-electron chi connectivity index (χ4n) is 2.63. The van der Waals surface area contributed by atoms with Gasteiger partial charge in [0.25, 0.3) is 0 Å². The second-order valence-electron chi connectivity index (χ2n) is 4.95. The summed E-state index contributed by atoms with van der Waals surface area (Å²) in [4.78, 5) is 28.2. The van der Waals surface area contributed by atoms with E-state index in [1.165, 1.54) is 15.3 Å². The second kappa shape index (κ2) is 5.41. The molecular formula is C13H16N2O4S. The van der Waals surface area contributed by atoms with Crippen LogP contribution in [-0.2, 0) is 22.5 Å². The predicted octanol–water partition coefficient (Wildman–Crippen LogP) is 1.01. The molecule has 3 rings (SSSR count). The zero-order chi connectivity index (χ0) is 14.1. The third kappa shape index (κ3) is 2.38. The summed E-state index contributed by atoms with van der Waals surface area (Å²) in [6.07, 6.45) is 0.848. The Bertz CT molecular complexity index is 530. The number of thiophene rings is 1. The average Bonchev–Trinajstić information content (AvgIpc) is 2.93. The van der Waals surface area contributed by atoms with E-state index in [0.29, 0.717) is 26.2 Å². The lowest BCUT2D eigenvalue weighted by molar-refractivity contribution is -0.147. The van der Waals surface area contributed by atoms with Crippen LogP contribution in [0.3, 0.4) is 0 Å². The molecular weight excluding hydrogens is 280 g/mol. The van der Waals surface area contributed by atoms with Gasteiger partial charge >= 0.3 is 12.0 Å². The van der Waals surface area contributed by atoms with Crippen molar-refractivity contribution in [1.82, 2.24) is 9.80 Å². The maximum atomic E-state index is 12.5. The molecule has 1 aromatic heterocycles. The molecule has 1 saturated heterocycles. The molecule has 0 bridgehead atoms. The van der Waals surface area contributed by atoms with Crippen LogP contribution in [0, 0.1) is 0 Å². The summed E-state index contributed by atoms with van der Waals surface area (Å²) in [6, 6.07) is 0.964. The number of amides is 2. The molecule has 7 heteroatoms. The van der Waals surface area contributed by atoms with Crippen molar-refractivity contribution in [3.05, 3.63) is 21.9 Å². The highest BCUT2D eigenvalue weighted by atomic mass is 32.1. The number of urea groups is 1. The van der Waals surface area contributed by atoms with Crippen molar-refractivity contribution in [3.8, 4) is 0 Å². The number of carboxylic acid groups (broad SMARTS) is 1. The summed E-state index contributed by atoms with van der Waals surface area (Å²) in [5.41, 5.74) is 1.18. The van der Waals surface area contributed by atoms with Crippen LogP contribution in [-0.4, -0.2) is 59.3 Å². The quantitative estimate of drug-likeness (QED) is 0.840.